The first kappa shape index (κ1) is 15.7. The lowest BCUT2D eigenvalue weighted by atomic mass is 10.1. The standard InChI is InChI=1S/C16H26N2O/c1-4-6-7-11-17-12-15(19)18-16-13(3)9-8-10-14(16)5-2/h8-10,17H,4-7,11-12H2,1-3H3,(H,18,19). The molecular formula is C16H26N2O. The maximum Gasteiger partial charge on any atom is 0.238 e. The highest BCUT2D eigenvalue weighted by molar-refractivity contribution is 5.93. The Kier molecular flexibility index (Phi) is 7.19. The maximum atomic E-state index is 11.9. The second kappa shape index (κ2) is 8.70. The van der Waals surface area contributed by atoms with E-state index in [1.54, 1.807) is 0 Å². The molecule has 1 aromatic rings. The predicted octanol–water partition coefficient (Wildman–Crippen LogP) is 3.28. The molecule has 0 saturated heterocycles. The predicted molar refractivity (Wildman–Crippen MR) is 81.6 cm³/mol. The van der Waals surface area contributed by atoms with Crippen LogP contribution in [0.3, 0.4) is 0 Å². The minimum Gasteiger partial charge on any atom is -0.324 e. The highest BCUT2D eigenvalue weighted by Gasteiger charge is 2.07. The molecule has 0 aliphatic heterocycles. The SMILES string of the molecule is CCCCCNCC(=O)Nc1c(C)cccc1CC. The van der Waals surface area contributed by atoms with E-state index in [4.69, 9.17) is 0 Å². The number of aryl methyl sites for hydroxylation is 2. The first-order chi connectivity index (χ1) is 9.19. The molecule has 0 spiro atoms. The van der Waals surface area contributed by atoms with Crippen LogP contribution in [-0.4, -0.2) is 19.0 Å². The highest BCUT2D eigenvalue weighted by Crippen LogP contribution is 2.20. The molecule has 19 heavy (non-hydrogen) atoms. The lowest BCUT2D eigenvalue weighted by molar-refractivity contribution is -0.115. The number of carbonyl (C=O) groups is 1. The van der Waals surface area contributed by atoms with Crippen molar-refractivity contribution in [2.45, 2.75) is 46.5 Å². The summed E-state index contributed by atoms with van der Waals surface area (Å²) in [6, 6.07) is 6.13. The number of nitrogens with one attached hydrogen (secondary N) is 2. The molecule has 0 bridgehead atoms. The van der Waals surface area contributed by atoms with Crippen molar-refractivity contribution < 1.29 is 4.79 Å². The third-order valence-electron chi connectivity index (χ3n) is 3.25. The number of para-hydroxylation sites is 1. The minimum atomic E-state index is 0.0421. The van der Waals surface area contributed by atoms with Gasteiger partial charge in [-0.3, -0.25) is 4.79 Å². The molecule has 0 aromatic heterocycles. The van der Waals surface area contributed by atoms with Crippen molar-refractivity contribution >= 4 is 11.6 Å². The Bertz CT molecular complexity index is 402. The molecule has 2 N–H and O–H groups in total. The zero-order chi connectivity index (χ0) is 14.1. The number of amides is 1. The van der Waals surface area contributed by atoms with Gasteiger partial charge in [-0.05, 0) is 37.4 Å². The Morgan fingerprint density at radius 3 is 2.68 bits per heavy atom. The fourth-order valence-corrected chi connectivity index (χ4v) is 2.09. The Balaban J connectivity index is 2.44. The van der Waals surface area contributed by atoms with E-state index in [1.807, 2.05) is 19.1 Å². The fourth-order valence-electron chi connectivity index (χ4n) is 2.09. The zero-order valence-electron chi connectivity index (χ0n) is 12.4. The molecule has 1 aromatic carbocycles. The number of unbranched alkanes of at least 4 members (excludes halogenated alkanes) is 2. The number of hydrogen-bond acceptors (Lipinski definition) is 2. The van der Waals surface area contributed by atoms with Gasteiger partial charge in [0.2, 0.25) is 5.91 Å². The van der Waals surface area contributed by atoms with E-state index in [0.717, 1.165) is 30.6 Å². The first-order valence-corrected chi connectivity index (χ1v) is 7.28. The van der Waals surface area contributed by atoms with E-state index in [0.29, 0.717) is 6.54 Å². The Morgan fingerprint density at radius 2 is 2.00 bits per heavy atom. The van der Waals surface area contributed by atoms with Crippen LogP contribution in [0.2, 0.25) is 0 Å². The summed E-state index contributed by atoms with van der Waals surface area (Å²) in [4.78, 5) is 11.9. The quantitative estimate of drug-likeness (QED) is 0.706. The lowest BCUT2D eigenvalue weighted by Crippen LogP contribution is -2.29. The van der Waals surface area contributed by atoms with Crippen LogP contribution < -0.4 is 10.6 Å². The smallest absolute Gasteiger partial charge is 0.238 e. The fraction of sp³-hybridized carbons (Fsp3) is 0.562. The van der Waals surface area contributed by atoms with Crippen LogP contribution in [0.5, 0.6) is 0 Å². The van der Waals surface area contributed by atoms with Gasteiger partial charge in [0.1, 0.15) is 0 Å². The Hall–Kier alpha value is -1.35. The summed E-state index contributed by atoms with van der Waals surface area (Å²) in [6.45, 7) is 7.62. The molecule has 106 valence electrons. The summed E-state index contributed by atoms with van der Waals surface area (Å²) in [5.74, 6) is 0.0421. The summed E-state index contributed by atoms with van der Waals surface area (Å²) < 4.78 is 0. The summed E-state index contributed by atoms with van der Waals surface area (Å²) in [6.07, 6.45) is 4.49. The van der Waals surface area contributed by atoms with Gasteiger partial charge in [0.15, 0.2) is 0 Å². The van der Waals surface area contributed by atoms with Crippen LogP contribution in [0.4, 0.5) is 5.69 Å². The summed E-state index contributed by atoms with van der Waals surface area (Å²) in [7, 11) is 0. The second-order valence-corrected chi connectivity index (χ2v) is 4.89. The van der Waals surface area contributed by atoms with Crippen LogP contribution in [-0.2, 0) is 11.2 Å². The van der Waals surface area contributed by atoms with Crippen LogP contribution in [0.15, 0.2) is 18.2 Å². The third kappa shape index (κ3) is 5.43. The van der Waals surface area contributed by atoms with Crippen molar-refractivity contribution in [1.29, 1.82) is 0 Å². The number of carbonyl (C=O) groups excluding carboxylic acids is 1. The molecule has 3 nitrogen and oxygen atoms in total. The Labute approximate surface area is 116 Å². The van der Waals surface area contributed by atoms with Gasteiger partial charge in [-0.25, -0.2) is 0 Å². The first-order valence-electron chi connectivity index (χ1n) is 7.28. The zero-order valence-corrected chi connectivity index (χ0v) is 12.4. The van der Waals surface area contributed by atoms with Crippen LogP contribution >= 0.6 is 0 Å². The molecule has 0 aliphatic rings. The van der Waals surface area contributed by atoms with Crippen molar-refractivity contribution in [3.63, 3.8) is 0 Å². The number of hydrogen-bond donors (Lipinski definition) is 2. The second-order valence-electron chi connectivity index (χ2n) is 4.89. The molecule has 0 atom stereocenters. The molecule has 0 fully saturated rings. The summed E-state index contributed by atoms with van der Waals surface area (Å²) in [5, 5.41) is 6.20. The van der Waals surface area contributed by atoms with Crippen LogP contribution in [0.1, 0.15) is 44.2 Å². The topological polar surface area (TPSA) is 41.1 Å². The highest BCUT2D eigenvalue weighted by atomic mass is 16.1. The molecule has 0 heterocycles. The number of benzene rings is 1. The molecule has 0 aliphatic carbocycles. The van der Waals surface area contributed by atoms with Gasteiger partial charge < -0.3 is 10.6 Å². The third-order valence-corrected chi connectivity index (χ3v) is 3.25. The van der Waals surface area contributed by atoms with E-state index in [-0.39, 0.29) is 5.91 Å². The number of anilines is 1. The maximum absolute atomic E-state index is 11.9. The van der Waals surface area contributed by atoms with Gasteiger partial charge >= 0.3 is 0 Å². The summed E-state index contributed by atoms with van der Waals surface area (Å²) >= 11 is 0. The van der Waals surface area contributed by atoms with Gasteiger partial charge in [0, 0.05) is 5.69 Å². The monoisotopic (exact) mass is 262 g/mol. The van der Waals surface area contributed by atoms with Gasteiger partial charge in [-0.2, -0.15) is 0 Å². The van der Waals surface area contributed by atoms with Gasteiger partial charge in [0.25, 0.3) is 0 Å². The normalized spacial score (nSPS) is 10.5. The average molecular weight is 262 g/mol. The molecule has 0 saturated carbocycles. The van der Waals surface area contributed by atoms with E-state index < -0.39 is 0 Å². The molecule has 3 heteroatoms. The molecular weight excluding hydrogens is 236 g/mol. The Morgan fingerprint density at radius 1 is 1.21 bits per heavy atom. The molecule has 1 rings (SSSR count). The van der Waals surface area contributed by atoms with Crippen LogP contribution in [0.25, 0.3) is 0 Å². The van der Waals surface area contributed by atoms with Crippen molar-refractivity contribution in [3.05, 3.63) is 29.3 Å². The number of rotatable bonds is 8. The molecule has 0 unspecified atom stereocenters. The van der Waals surface area contributed by atoms with Gasteiger partial charge in [-0.1, -0.05) is 44.9 Å². The van der Waals surface area contributed by atoms with E-state index >= 15 is 0 Å². The van der Waals surface area contributed by atoms with E-state index in [1.165, 1.54) is 18.4 Å². The molecule has 1 amide bonds. The largest absolute Gasteiger partial charge is 0.324 e. The van der Waals surface area contributed by atoms with Crippen molar-refractivity contribution in [2.75, 3.05) is 18.4 Å². The lowest BCUT2D eigenvalue weighted by Gasteiger charge is -2.13. The van der Waals surface area contributed by atoms with Gasteiger partial charge in [-0.15, -0.1) is 0 Å². The van der Waals surface area contributed by atoms with Crippen molar-refractivity contribution in [2.24, 2.45) is 0 Å². The van der Waals surface area contributed by atoms with Gasteiger partial charge in [0.05, 0.1) is 6.54 Å². The van der Waals surface area contributed by atoms with Crippen LogP contribution in [0, 0.1) is 6.92 Å². The van der Waals surface area contributed by atoms with E-state index in [9.17, 15) is 4.79 Å². The minimum absolute atomic E-state index is 0.0421. The molecule has 0 radical (unpaired) electrons. The van der Waals surface area contributed by atoms with E-state index in [2.05, 4.69) is 30.5 Å². The van der Waals surface area contributed by atoms with Crippen molar-refractivity contribution in [3.8, 4) is 0 Å². The average Bonchev–Trinajstić information content (AvgIpc) is 2.41. The summed E-state index contributed by atoms with van der Waals surface area (Å²) in [5.41, 5.74) is 3.29. The van der Waals surface area contributed by atoms with Crippen molar-refractivity contribution in [1.82, 2.24) is 5.32 Å².